The third-order valence-corrected chi connectivity index (χ3v) is 17.9. The van der Waals surface area contributed by atoms with Crippen LogP contribution in [0.25, 0.3) is 0 Å². The Balaban J connectivity index is 1.44. The number of rotatable bonds is 55. The lowest BCUT2D eigenvalue weighted by Crippen LogP contribution is -2.66. The molecule has 0 aromatic rings. The molecule has 17 unspecified atom stereocenters. The predicted octanol–water partition coefficient (Wildman–Crippen LogP) is 9.61. The molecule has 0 aromatic carbocycles. The number of unbranched alkanes of at least 4 members (excludes halogenated alkanes) is 35. The van der Waals surface area contributed by atoms with Gasteiger partial charge in [0, 0.05) is 6.42 Å². The van der Waals surface area contributed by atoms with Gasteiger partial charge in [-0.25, -0.2) is 0 Å². The van der Waals surface area contributed by atoms with Crippen molar-refractivity contribution >= 4 is 5.91 Å². The normalized spacial score (nSPS) is 28.4. The standard InChI is InChI=1S/C70H129NO18/c1-3-5-7-9-11-13-15-17-19-21-23-25-26-27-28-30-32-34-36-38-40-42-44-46-48-58(76)71-53(54(75)47-45-43-41-39-37-35-33-31-29-24-22-20-18-16-14-12-10-8-6-4-2)52-84-68-64(82)61(79)66(56(50-73)86-68)89-70-65(83)62(80)67(57(51-74)87-70)88-69-63(81)60(78)59(77)55(49-72)85-69/h29,31,37,39,45,47,53-57,59-70,72-75,77-83H,3-28,30,32-36,38,40-44,46,48-52H2,1-2H3,(H,71,76)/b31-29+,39-37+,47-45+. The minimum atomic E-state index is -1.98. The minimum absolute atomic E-state index is 0.236. The number of carbonyl (C=O) groups excluding carboxylic acids is 1. The van der Waals surface area contributed by atoms with Crippen molar-refractivity contribution in [3.63, 3.8) is 0 Å². The predicted molar refractivity (Wildman–Crippen MR) is 346 cm³/mol. The zero-order valence-corrected chi connectivity index (χ0v) is 55.2. The molecule has 0 saturated carbocycles. The Labute approximate surface area is 536 Å². The number of allylic oxidation sites excluding steroid dienone is 5. The summed E-state index contributed by atoms with van der Waals surface area (Å²) in [6.07, 6.45) is 34.1. The summed E-state index contributed by atoms with van der Waals surface area (Å²) in [4.78, 5) is 13.4. The van der Waals surface area contributed by atoms with Crippen LogP contribution in [0.4, 0.5) is 0 Å². The van der Waals surface area contributed by atoms with Crippen LogP contribution in [0.15, 0.2) is 36.5 Å². The molecule has 19 heteroatoms. The van der Waals surface area contributed by atoms with Gasteiger partial charge in [0.1, 0.15) is 73.2 Å². The number of amides is 1. The van der Waals surface area contributed by atoms with Crippen molar-refractivity contribution in [1.29, 1.82) is 0 Å². The molecule has 0 radical (unpaired) electrons. The molecule has 3 rings (SSSR count). The SMILES string of the molecule is CCCCCCCCCCCC/C=C/CC/C=C/CC/C=C/C(O)C(COC1OC(CO)C(OC2OC(CO)C(OC3OC(CO)C(O)C(O)C3O)C(O)C2O)C(O)C1O)NC(=O)CCCCCCCCCCCCCCCCCCCCCCCCCC. The minimum Gasteiger partial charge on any atom is -0.394 e. The molecule has 3 fully saturated rings. The van der Waals surface area contributed by atoms with E-state index in [0.29, 0.717) is 12.8 Å². The number of hydrogen-bond donors (Lipinski definition) is 12. The molecule has 0 aliphatic carbocycles. The smallest absolute Gasteiger partial charge is 0.220 e. The lowest BCUT2D eigenvalue weighted by Gasteiger charge is -2.48. The fraction of sp³-hybridized carbons (Fsp3) is 0.900. The van der Waals surface area contributed by atoms with Crippen LogP contribution in [0, 0.1) is 0 Å². The first-order valence-electron chi connectivity index (χ1n) is 35.7. The average molecular weight is 1270 g/mol. The third kappa shape index (κ3) is 34.3. The first kappa shape index (κ1) is 81.2. The van der Waals surface area contributed by atoms with Gasteiger partial charge in [-0.3, -0.25) is 4.79 Å². The maximum atomic E-state index is 13.4. The van der Waals surface area contributed by atoms with Gasteiger partial charge in [-0.2, -0.15) is 0 Å². The number of ether oxygens (including phenoxy) is 6. The van der Waals surface area contributed by atoms with Crippen LogP contribution in [-0.2, 0) is 33.2 Å². The number of carbonyl (C=O) groups is 1. The van der Waals surface area contributed by atoms with Crippen LogP contribution in [0.5, 0.6) is 0 Å². The first-order chi connectivity index (χ1) is 43.3. The van der Waals surface area contributed by atoms with Gasteiger partial charge in [0.2, 0.25) is 5.91 Å². The van der Waals surface area contributed by atoms with Gasteiger partial charge in [-0.05, 0) is 44.9 Å². The Bertz CT molecular complexity index is 1760. The van der Waals surface area contributed by atoms with Gasteiger partial charge in [0.15, 0.2) is 18.9 Å². The summed E-state index contributed by atoms with van der Waals surface area (Å²) in [6.45, 7) is 1.74. The van der Waals surface area contributed by atoms with Crippen LogP contribution in [0.3, 0.4) is 0 Å². The summed E-state index contributed by atoms with van der Waals surface area (Å²) in [5.41, 5.74) is 0. The fourth-order valence-corrected chi connectivity index (χ4v) is 12.1. The topological polar surface area (TPSA) is 307 Å². The largest absolute Gasteiger partial charge is 0.394 e. The van der Waals surface area contributed by atoms with E-state index in [-0.39, 0.29) is 18.9 Å². The van der Waals surface area contributed by atoms with E-state index in [9.17, 15) is 61.0 Å². The number of nitrogens with one attached hydrogen (secondary N) is 1. The maximum absolute atomic E-state index is 13.4. The maximum Gasteiger partial charge on any atom is 0.220 e. The Morgan fingerprint density at radius 1 is 0.393 bits per heavy atom. The monoisotopic (exact) mass is 1270 g/mol. The molecule has 89 heavy (non-hydrogen) atoms. The van der Waals surface area contributed by atoms with Crippen molar-refractivity contribution in [3.05, 3.63) is 36.5 Å². The van der Waals surface area contributed by atoms with Gasteiger partial charge in [0.25, 0.3) is 0 Å². The Kier molecular flexibility index (Phi) is 47.7. The van der Waals surface area contributed by atoms with Gasteiger partial charge >= 0.3 is 0 Å². The van der Waals surface area contributed by atoms with Crippen LogP contribution < -0.4 is 5.32 Å². The second kappa shape index (κ2) is 52.3. The van der Waals surface area contributed by atoms with Gasteiger partial charge < -0.3 is 89.9 Å². The number of aliphatic hydroxyl groups is 11. The molecule has 1 amide bonds. The average Bonchev–Trinajstić information content (AvgIpc) is 1.91. The molecule has 3 aliphatic heterocycles. The molecular weight excluding hydrogens is 1140 g/mol. The zero-order chi connectivity index (χ0) is 64.7. The van der Waals surface area contributed by atoms with E-state index < -0.39 is 124 Å². The molecule has 0 bridgehead atoms. The van der Waals surface area contributed by atoms with E-state index >= 15 is 0 Å². The van der Waals surface area contributed by atoms with Crippen molar-refractivity contribution in [2.45, 2.75) is 375 Å². The molecular formula is C70H129NO18. The van der Waals surface area contributed by atoms with Crippen LogP contribution >= 0.6 is 0 Å². The molecule has 19 nitrogen and oxygen atoms in total. The molecule has 3 aliphatic rings. The molecule has 0 aromatic heterocycles. The van der Waals surface area contributed by atoms with E-state index in [1.807, 2.05) is 6.08 Å². The van der Waals surface area contributed by atoms with E-state index in [2.05, 4.69) is 43.5 Å². The van der Waals surface area contributed by atoms with Gasteiger partial charge in [-0.15, -0.1) is 0 Å². The van der Waals surface area contributed by atoms with Crippen molar-refractivity contribution in [2.75, 3.05) is 26.4 Å². The highest BCUT2D eigenvalue weighted by molar-refractivity contribution is 5.76. The first-order valence-corrected chi connectivity index (χ1v) is 35.7. The highest BCUT2D eigenvalue weighted by atomic mass is 16.8. The number of aliphatic hydroxyl groups excluding tert-OH is 11. The summed E-state index contributed by atoms with van der Waals surface area (Å²) in [5, 5.41) is 121. The molecule has 3 saturated heterocycles. The van der Waals surface area contributed by atoms with Crippen molar-refractivity contribution in [1.82, 2.24) is 5.32 Å². The van der Waals surface area contributed by atoms with Crippen molar-refractivity contribution < 1.29 is 89.4 Å². The second-order valence-corrected chi connectivity index (χ2v) is 25.7. The Hall–Kier alpha value is -1.99. The summed E-state index contributed by atoms with van der Waals surface area (Å²) in [6, 6.07) is -0.994. The number of hydrogen-bond acceptors (Lipinski definition) is 18. The lowest BCUT2D eigenvalue weighted by molar-refractivity contribution is -0.379. The Morgan fingerprint density at radius 3 is 1.12 bits per heavy atom. The lowest BCUT2D eigenvalue weighted by atomic mass is 9.96. The van der Waals surface area contributed by atoms with Crippen molar-refractivity contribution in [3.8, 4) is 0 Å². The zero-order valence-electron chi connectivity index (χ0n) is 55.2. The summed E-state index contributed by atoms with van der Waals surface area (Å²) >= 11 is 0. The molecule has 17 atom stereocenters. The highest BCUT2D eigenvalue weighted by Gasteiger charge is 2.53. The van der Waals surface area contributed by atoms with E-state index in [4.69, 9.17) is 28.4 Å². The van der Waals surface area contributed by atoms with Crippen LogP contribution in [0.2, 0.25) is 0 Å². The van der Waals surface area contributed by atoms with E-state index in [0.717, 1.165) is 44.9 Å². The fourth-order valence-electron chi connectivity index (χ4n) is 12.1. The van der Waals surface area contributed by atoms with Gasteiger partial charge in [0.05, 0.1) is 38.6 Å². The quantitative estimate of drug-likeness (QED) is 0.0199. The van der Waals surface area contributed by atoms with Crippen LogP contribution in [0.1, 0.15) is 271 Å². The van der Waals surface area contributed by atoms with E-state index in [1.165, 1.54) is 193 Å². The summed E-state index contributed by atoms with van der Waals surface area (Å²) in [7, 11) is 0. The van der Waals surface area contributed by atoms with Gasteiger partial charge in [-0.1, -0.05) is 256 Å². The Morgan fingerprint density at radius 2 is 0.719 bits per heavy atom. The van der Waals surface area contributed by atoms with Crippen LogP contribution in [-0.4, -0.2) is 193 Å². The molecule has 12 N–H and O–H groups in total. The molecule has 522 valence electrons. The highest BCUT2D eigenvalue weighted by Crippen LogP contribution is 2.33. The van der Waals surface area contributed by atoms with E-state index in [1.54, 1.807) is 6.08 Å². The van der Waals surface area contributed by atoms with Crippen molar-refractivity contribution in [2.24, 2.45) is 0 Å². The third-order valence-electron chi connectivity index (χ3n) is 17.9. The molecule has 0 spiro atoms. The second-order valence-electron chi connectivity index (χ2n) is 25.7. The summed E-state index contributed by atoms with van der Waals surface area (Å²) in [5.74, 6) is -0.285. The molecule has 3 heterocycles. The summed E-state index contributed by atoms with van der Waals surface area (Å²) < 4.78 is 34.3.